The largest absolute Gasteiger partial charge is 0.493 e. The van der Waals surface area contributed by atoms with Gasteiger partial charge in [0.15, 0.2) is 11.5 Å². The normalized spacial score (nSPS) is 12.2. The summed E-state index contributed by atoms with van der Waals surface area (Å²) in [6, 6.07) is 5.67. The van der Waals surface area contributed by atoms with E-state index in [1.807, 2.05) is 17.5 Å². The molecule has 2 rings (SSSR count). The van der Waals surface area contributed by atoms with Crippen molar-refractivity contribution in [2.75, 3.05) is 14.2 Å². The molecule has 0 fully saturated rings. The van der Waals surface area contributed by atoms with E-state index in [2.05, 4.69) is 11.4 Å². The highest BCUT2D eigenvalue weighted by Gasteiger charge is 2.15. The number of benzene rings is 1. The van der Waals surface area contributed by atoms with E-state index in [1.54, 1.807) is 25.6 Å². The van der Waals surface area contributed by atoms with E-state index in [-0.39, 0.29) is 6.04 Å². The smallest absolute Gasteiger partial charge is 0.179 e. The Hall–Kier alpha value is -1.23. The van der Waals surface area contributed by atoms with E-state index in [0.717, 1.165) is 12.0 Å². The van der Waals surface area contributed by atoms with Crippen LogP contribution in [0.1, 0.15) is 17.2 Å². The minimum absolute atomic E-state index is 0.119. The molecule has 1 unspecified atom stereocenters. The van der Waals surface area contributed by atoms with Crippen molar-refractivity contribution >= 4 is 22.9 Å². The molecule has 0 radical (unpaired) electrons. The molecule has 1 aromatic heterocycles. The van der Waals surface area contributed by atoms with Crippen molar-refractivity contribution < 1.29 is 9.47 Å². The van der Waals surface area contributed by atoms with Crippen LogP contribution >= 0.6 is 22.9 Å². The first kappa shape index (κ1) is 14.2. The summed E-state index contributed by atoms with van der Waals surface area (Å²) in [7, 11) is 3.15. The van der Waals surface area contributed by atoms with Crippen molar-refractivity contribution in [1.82, 2.24) is 0 Å². The maximum Gasteiger partial charge on any atom is 0.179 e. The molecule has 3 nitrogen and oxygen atoms in total. The van der Waals surface area contributed by atoms with Crippen LogP contribution in [0.25, 0.3) is 0 Å². The summed E-state index contributed by atoms with van der Waals surface area (Å²) >= 11 is 7.85. The van der Waals surface area contributed by atoms with Gasteiger partial charge in [0.2, 0.25) is 0 Å². The van der Waals surface area contributed by atoms with Crippen LogP contribution in [0.4, 0.5) is 0 Å². The fourth-order valence-corrected chi connectivity index (χ4v) is 2.91. The quantitative estimate of drug-likeness (QED) is 0.916. The van der Waals surface area contributed by atoms with Crippen molar-refractivity contribution in [3.8, 4) is 11.5 Å². The first-order valence-corrected chi connectivity index (χ1v) is 7.16. The summed E-state index contributed by atoms with van der Waals surface area (Å²) in [5.74, 6) is 1.14. The first-order valence-electron chi connectivity index (χ1n) is 5.83. The van der Waals surface area contributed by atoms with Crippen LogP contribution in [0, 0.1) is 0 Å². The molecule has 2 aromatic rings. The molecule has 0 bridgehead atoms. The van der Waals surface area contributed by atoms with Gasteiger partial charge in [0.1, 0.15) is 0 Å². The van der Waals surface area contributed by atoms with Gasteiger partial charge in [-0.3, -0.25) is 0 Å². The van der Waals surface area contributed by atoms with Crippen LogP contribution in [0.2, 0.25) is 5.02 Å². The Labute approximate surface area is 121 Å². The van der Waals surface area contributed by atoms with Crippen LogP contribution < -0.4 is 15.2 Å². The fourth-order valence-electron chi connectivity index (χ4n) is 1.93. The lowest BCUT2D eigenvalue weighted by molar-refractivity contribution is 0.354. The highest BCUT2D eigenvalue weighted by atomic mass is 35.5. The number of hydrogen-bond acceptors (Lipinski definition) is 4. The zero-order valence-corrected chi connectivity index (χ0v) is 12.4. The van der Waals surface area contributed by atoms with Crippen molar-refractivity contribution in [3.63, 3.8) is 0 Å². The number of methoxy groups -OCH3 is 2. The number of halogens is 1. The lowest BCUT2D eigenvalue weighted by Crippen LogP contribution is -2.13. The van der Waals surface area contributed by atoms with Crippen LogP contribution in [0.15, 0.2) is 29.0 Å². The molecule has 0 amide bonds. The third kappa shape index (κ3) is 3.21. The molecule has 2 N–H and O–H groups in total. The average molecular weight is 298 g/mol. The number of rotatable bonds is 5. The number of hydrogen-bond donors (Lipinski definition) is 1. The predicted molar refractivity (Wildman–Crippen MR) is 79.5 cm³/mol. The van der Waals surface area contributed by atoms with Gasteiger partial charge in [-0.1, -0.05) is 11.6 Å². The van der Waals surface area contributed by atoms with Crippen LogP contribution in [0.5, 0.6) is 11.5 Å². The fraction of sp³-hybridized carbons (Fsp3) is 0.286. The van der Waals surface area contributed by atoms with Gasteiger partial charge in [-0.2, -0.15) is 11.3 Å². The van der Waals surface area contributed by atoms with E-state index in [0.29, 0.717) is 16.5 Å². The Balaban J connectivity index is 2.27. The van der Waals surface area contributed by atoms with Crippen molar-refractivity contribution in [3.05, 3.63) is 45.1 Å². The minimum atomic E-state index is -0.119. The van der Waals surface area contributed by atoms with Crippen molar-refractivity contribution in [1.29, 1.82) is 0 Å². The highest BCUT2D eigenvalue weighted by molar-refractivity contribution is 7.07. The SMILES string of the molecule is COc1cc(C(N)Cc2ccsc2)cc(Cl)c1OC. The molecule has 19 heavy (non-hydrogen) atoms. The van der Waals surface area contributed by atoms with E-state index >= 15 is 0 Å². The third-order valence-electron chi connectivity index (χ3n) is 2.92. The highest BCUT2D eigenvalue weighted by Crippen LogP contribution is 2.37. The zero-order valence-electron chi connectivity index (χ0n) is 10.9. The molecule has 5 heteroatoms. The van der Waals surface area contributed by atoms with Crippen LogP contribution in [-0.4, -0.2) is 14.2 Å². The monoisotopic (exact) mass is 297 g/mol. The molecular formula is C14H16ClNO2S. The minimum Gasteiger partial charge on any atom is -0.493 e. The van der Waals surface area contributed by atoms with E-state index in [1.165, 1.54) is 5.56 Å². The van der Waals surface area contributed by atoms with Crippen LogP contribution in [0.3, 0.4) is 0 Å². The van der Waals surface area contributed by atoms with Crippen LogP contribution in [-0.2, 0) is 6.42 Å². The topological polar surface area (TPSA) is 44.5 Å². The van der Waals surface area contributed by atoms with Gasteiger partial charge in [-0.15, -0.1) is 0 Å². The van der Waals surface area contributed by atoms with Crippen molar-refractivity contribution in [2.45, 2.75) is 12.5 Å². The van der Waals surface area contributed by atoms with Gasteiger partial charge < -0.3 is 15.2 Å². The van der Waals surface area contributed by atoms with Gasteiger partial charge in [-0.25, -0.2) is 0 Å². The van der Waals surface area contributed by atoms with Crippen molar-refractivity contribution in [2.24, 2.45) is 5.73 Å². The van der Waals surface area contributed by atoms with E-state index in [4.69, 9.17) is 26.8 Å². The second-order valence-electron chi connectivity index (χ2n) is 4.18. The maximum atomic E-state index is 6.22. The Morgan fingerprint density at radius 3 is 2.68 bits per heavy atom. The Kier molecular flexibility index (Phi) is 4.69. The predicted octanol–water partition coefficient (Wildman–Crippen LogP) is 3.66. The molecule has 0 saturated heterocycles. The molecule has 0 saturated carbocycles. The lowest BCUT2D eigenvalue weighted by Gasteiger charge is -2.16. The lowest BCUT2D eigenvalue weighted by atomic mass is 10.0. The number of ether oxygens (including phenoxy) is 2. The summed E-state index contributed by atoms with van der Waals surface area (Å²) in [4.78, 5) is 0. The molecule has 1 heterocycles. The first-order chi connectivity index (χ1) is 9.15. The maximum absolute atomic E-state index is 6.22. The van der Waals surface area contributed by atoms with Gasteiger partial charge in [0.25, 0.3) is 0 Å². The zero-order chi connectivity index (χ0) is 13.8. The Morgan fingerprint density at radius 2 is 2.11 bits per heavy atom. The molecule has 102 valence electrons. The molecule has 0 aliphatic heterocycles. The van der Waals surface area contributed by atoms with E-state index in [9.17, 15) is 0 Å². The third-order valence-corrected chi connectivity index (χ3v) is 3.93. The summed E-state index contributed by atoms with van der Waals surface area (Å²) in [6.07, 6.45) is 0.773. The summed E-state index contributed by atoms with van der Waals surface area (Å²) in [5.41, 5.74) is 8.38. The second kappa shape index (κ2) is 6.28. The Bertz CT molecular complexity index is 543. The second-order valence-corrected chi connectivity index (χ2v) is 5.37. The van der Waals surface area contributed by atoms with Gasteiger partial charge in [0.05, 0.1) is 19.2 Å². The van der Waals surface area contributed by atoms with Gasteiger partial charge in [-0.05, 0) is 46.5 Å². The number of thiophene rings is 1. The molecule has 0 aliphatic rings. The Morgan fingerprint density at radius 1 is 1.32 bits per heavy atom. The molecular weight excluding hydrogens is 282 g/mol. The molecule has 1 aromatic carbocycles. The van der Waals surface area contributed by atoms with E-state index < -0.39 is 0 Å². The summed E-state index contributed by atoms with van der Waals surface area (Å²) in [6.45, 7) is 0. The number of nitrogens with two attached hydrogens (primary N) is 1. The molecule has 0 spiro atoms. The summed E-state index contributed by atoms with van der Waals surface area (Å²) < 4.78 is 10.5. The molecule has 1 atom stereocenters. The van der Waals surface area contributed by atoms with Gasteiger partial charge >= 0.3 is 0 Å². The summed E-state index contributed by atoms with van der Waals surface area (Å²) in [5, 5.41) is 4.66. The standard InChI is InChI=1S/C14H16ClNO2S/c1-17-13-7-10(6-11(15)14(13)18-2)12(16)5-9-3-4-19-8-9/h3-4,6-8,12H,5,16H2,1-2H3. The molecule has 0 aliphatic carbocycles. The van der Waals surface area contributed by atoms with Gasteiger partial charge in [0, 0.05) is 6.04 Å². The average Bonchev–Trinajstić information content (AvgIpc) is 2.90.